The van der Waals surface area contributed by atoms with Gasteiger partial charge in [-0.3, -0.25) is 4.79 Å². The molecule has 0 aliphatic rings. The van der Waals surface area contributed by atoms with E-state index in [1.807, 2.05) is 24.3 Å². The standard InChI is InChI=1S/C13H13NO3S/c1-17-10-4-2-3-9(5-10)6-12-14-8-11(18-12)7-13(15)16/h2-5,8H,6-7H2,1H3,(H,15,16). The largest absolute Gasteiger partial charge is 0.497 e. The van der Waals surface area contributed by atoms with Crippen molar-refractivity contribution in [2.24, 2.45) is 0 Å². The number of carboxylic acids is 1. The van der Waals surface area contributed by atoms with Crippen molar-refractivity contribution in [2.75, 3.05) is 7.11 Å². The first-order valence-electron chi connectivity index (χ1n) is 5.45. The summed E-state index contributed by atoms with van der Waals surface area (Å²) in [6.07, 6.45) is 2.37. The summed E-state index contributed by atoms with van der Waals surface area (Å²) in [5.41, 5.74) is 1.10. The minimum Gasteiger partial charge on any atom is -0.497 e. The molecule has 18 heavy (non-hydrogen) atoms. The Hall–Kier alpha value is -1.88. The number of rotatable bonds is 5. The topological polar surface area (TPSA) is 59.4 Å². The van der Waals surface area contributed by atoms with Crippen molar-refractivity contribution in [3.63, 3.8) is 0 Å². The lowest BCUT2D eigenvalue weighted by Crippen LogP contribution is -1.97. The van der Waals surface area contributed by atoms with Crippen molar-refractivity contribution in [3.8, 4) is 5.75 Å². The highest BCUT2D eigenvalue weighted by Gasteiger charge is 2.07. The van der Waals surface area contributed by atoms with Crippen LogP contribution in [0.5, 0.6) is 5.75 Å². The van der Waals surface area contributed by atoms with Crippen molar-refractivity contribution >= 4 is 17.3 Å². The Kier molecular flexibility index (Phi) is 3.94. The number of ether oxygens (including phenoxy) is 1. The molecule has 0 unspecified atom stereocenters. The first kappa shape index (κ1) is 12.6. The van der Waals surface area contributed by atoms with E-state index in [4.69, 9.17) is 9.84 Å². The fraction of sp³-hybridized carbons (Fsp3) is 0.231. The number of hydrogen-bond donors (Lipinski definition) is 1. The van der Waals surface area contributed by atoms with Gasteiger partial charge in [-0.25, -0.2) is 4.98 Å². The molecule has 1 N–H and O–H groups in total. The summed E-state index contributed by atoms with van der Waals surface area (Å²) in [5, 5.41) is 9.61. The Balaban J connectivity index is 2.08. The molecule has 1 aromatic heterocycles. The molecule has 0 aliphatic heterocycles. The maximum atomic E-state index is 10.6. The van der Waals surface area contributed by atoms with Gasteiger partial charge in [-0.1, -0.05) is 12.1 Å². The van der Waals surface area contributed by atoms with Crippen molar-refractivity contribution in [1.29, 1.82) is 0 Å². The molecule has 4 nitrogen and oxygen atoms in total. The number of aromatic nitrogens is 1. The van der Waals surface area contributed by atoms with Crippen molar-refractivity contribution in [3.05, 3.63) is 45.9 Å². The predicted octanol–water partition coefficient (Wildman–Crippen LogP) is 2.37. The molecular formula is C13H13NO3S. The second-order valence-corrected chi connectivity index (χ2v) is 5.02. The van der Waals surface area contributed by atoms with E-state index >= 15 is 0 Å². The zero-order valence-electron chi connectivity index (χ0n) is 9.92. The molecule has 0 bridgehead atoms. The zero-order valence-corrected chi connectivity index (χ0v) is 10.7. The number of hydrogen-bond acceptors (Lipinski definition) is 4. The molecule has 0 aliphatic carbocycles. The molecule has 1 heterocycles. The number of aliphatic carboxylic acids is 1. The Morgan fingerprint density at radius 2 is 2.33 bits per heavy atom. The van der Waals surface area contributed by atoms with Crippen LogP contribution >= 0.6 is 11.3 Å². The molecule has 0 amide bonds. The summed E-state index contributed by atoms with van der Waals surface area (Å²) in [4.78, 5) is 15.6. The molecule has 0 saturated heterocycles. The van der Waals surface area contributed by atoms with Crippen LogP contribution in [0, 0.1) is 0 Å². The second kappa shape index (κ2) is 5.64. The van der Waals surface area contributed by atoms with Crippen LogP contribution in [0.2, 0.25) is 0 Å². The average Bonchev–Trinajstić information content (AvgIpc) is 2.76. The van der Waals surface area contributed by atoms with E-state index in [1.165, 1.54) is 11.3 Å². The van der Waals surface area contributed by atoms with Gasteiger partial charge < -0.3 is 9.84 Å². The third kappa shape index (κ3) is 3.30. The van der Waals surface area contributed by atoms with Crippen LogP contribution < -0.4 is 4.74 Å². The summed E-state index contributed by atoms with van der Waals surface area (Å²) >= 11 is 1.44. The van der Waals surface area contributed by atoms with Gasteiger partial charge in [-0.05, 0) is 17.7 Å². The van der Waals surface area contributed by atoms with Crippen LogP contribution in [-0.4, -0.2) is 23.2 Å². The average molecular weight is 263 g/mol. The van der Waals surface area contributed by atoms with Crippen LogP contribution in [0.1, 0.15) is 15.4 Å². The molecular weight excluding hydrogens is 250 g/mol. The molecule has 94 valence electrons. The molecule has 0 atom stereocenters. The molecule has 5 heteroatoms. The van der Waals surface area contributed by atoms with Crippen LogP contribution in [0.15, 0.2) is 30.5 Å². The molecule has 0 fully saturated rings. The Labute approximate surface area is 109 Å². The fourth-order valence-electron chi connectivity index (χ4n) is 1.62. The summed E-state index contributed by atoms with van der Waals surface area (Å²) in [6.45, 7) is 0. The number of nitrogens with zero attached hydrogens (tertiary/aromatic N) is 1. The maximum absolute atomic E-state index is 10.6. The van der Waals surface area contributed by atoms with Gasteiger partial charge in [-0.15, -0.1) is 11.3 Å². The quantitative estimate of drug-likeness (QED) is 0.899. The van der Waals surface area contributed by atoms with E-state index in [1.54, 1.807) is 13.3 Å². The van der Waals surface area contributed by atoms with Gasteiger partial charge in [0.1, 0.15) is 5.75 Å². The molecule has 2 aromatic rings. The van der Waals surface area contributed by atoms with E-state index in [9.17, 15) is 4.79 Å². The molecule has 2 rings (SSSR count). The van der Waals surface area contributed by atoms with Gasteiger partial charge >= 0.3 is 5.97 Å². The van der Waals surface area contributed by atoms with E-state index in [-0.39, 0.29) is 6.42 Å². The lowest BCUT2D eigenvalue weighted by molar-refractivity contribution is -0.136. The van der Waals surface area contributed by atoms with Crippen LogP contribution in [-0.2, 0) is 17.6 Å². The minimum atomic E-state index is -0.827. The third-order valence-corrected chi connectivity index (χ3v) is 3.41. The lowest BCUT2D eigenvalue weighted by atomic mass is 10.1. The summed E-state index contributed by atoms with van der Waals surface area (Å²) in [5.74, 6) is -0.0126. The first-order valence-corrected chi connectivity index (χ1v) is 6.27. The Morgan fingerprint density at radius 3 is 3.06 bits per heavy atom. The van der Waals surface area contributed by atoms with Crippen LogP contribution in [0.3, 0.4) is 0 Å². The number of methoxy groups -OCH3 is 1. The van der Waals surface area contributed by atoms with Crippen molar-refractivity contribution < 1.29 is 14.6 Å². The Bertz CT molecular complexity index is 551. The van der Waals surface area contributed by atoms with Gasteiger partial charge in [0.25, 0.3) is 0 Å². The monoisotopic (exact) mass is 263 g/mol. The lowest BCUT2D eigenvalue weighted by Gasteiger charge is -2.02. The third-order valence-electron chi connectivity index (χ3n) is 2.42. The maximum Gasteiger partial charge on any atom is 0.308 e. The van der Waals surface area contributed by atoms with Crippen LogP contribution in [0.25, 0.3) is 0 Å². The predicted molar refractivity (Wildman–Crippen MR) is 69.3 cm³/mol. The van der Waals surface area contributed by atoms with Gasteiger partial charge in [-0.2, -0.15) is 0 Å². The number of thiazole rings is 1. The molecule has 1 aromatic carbocycles. The molecule has 0 spiro atoms. The van der Waals surface area contributed by atoms with Gasteiger partial charge in [0.05, 0.1) is 18.5 Å². The highest BCUT2D eigenvalue weighted by Crippen LogP contribution is 2.20. The Morgan fingerprint density at radius 1 is 1.50 bits per heavy atom. The van der Waals surface area contributed by atoms with E-state index in [0.717, 1.165) is 21.2 Å². The SMILES string of the molecule is COc1cccc(Cc2ncc(CC(=O)O)s2)c1. The van der Waals surface area contributed by atoms with E-state index in [2.05, 4.69) is 4.98 Å². The van der Waals surface area contributed by atoms with Gasteiger partial charge in [0.2, 0.25) is 0 Å². The molecule has 0 radical (unpaired) electrons. The zero-order chi connectivity index (χ0) is 13.0. The summed E-state index contributed by atoms with van der Waals surface area (Å²) in [6, 6.07) is 7.78. The number of carbonyl (C=O) groups is 1. The second-order valence-electron chi connectivity index (χ2n) is 3.82. The van der Waals surface area contributed by atoms with E-state index in [0.29, 0.717) is 6.42 Å². The van der Waals surface area contributed by atoms with Crippen molar-refractivity contribution in [1.82, 2.24) is 4.98 Å². The highest BCUT2D eigenvalue weighted by atomic mass is 32.1. The smallest absolute Gasteiger partial charge is 0.308 e. The van der Waals surface area contributed by atoms with Gasteiger partial charge in [0.15, 0.2) is 0 Å². The van der Waals surface area contributed by atoms with E-state index < -0.39 is 5.97 Å². The van der Waals surface area contributed by atoms with Crippen LogP contribution in [0.4, 0.5) is 0 Å². The minimum absolute atomic E-state index is 0.0375. The van der Waals surface area contributed by atoms with Crippen molar-refractivity contribution in [2.45, 2.75) is 12.8 Å². The first-order chi connectivity index (χ1) is 8.67. The summed E-state index contributed by atoms with van der Waals surface area (Å²) in [7, 11) is 1.63. The summed E-state index contributed by atoms with van der Waals surface area (Å²) < 4.78 is 5.16. The number of carboxylic acid groups (broad SMARTS) is 1. The normalized spacial score (nSPS) is 10.3. The number of benzene rings is 1. The highest BCUT2D eigenvalue weighted by molar-refractivity contribution is 7.11. The fourth-order valence-corrected chi connectivity index (χ4v) is 2.57. The molecule has 0 saturated carbocycles. The van der Waals surface area contributed by atoms with Gasteiger partial charge in [0, 0.05) is 17.5 Å².